The molecule has 2 rings (SSSR count). The lowest BCUT2D eigenvalue weighted by molar-refractivity contribution is 0.00450. The molecule has 0 saturated carbocycles. The maximum Gasteiger partial charge on any atom is 0.244 e. The first-order chi connectivity index (χ1) is 9.07. The first-order valence-corrected chi connectivity index (χ1v) is 7.20. The van der Waals surface area contributed by atoms with Gasteiger partial charge in [-0.2, -0.15) is 9.57 Å². The molecule has 1 aromatic heterocycles. The number of aromatic nitrogens is 1. The van der Waals surface area contributed by atoms with Gasteiger partial charge in [-0.25, -0.2) is 13.4 Å². The fourth-order valence-electron chi connectivity index (χ4n) is 1.80. The molecule has 0 bridgehead atoms. The van der Waals surface area contributed by atoms with Crippen LogP contribution in [0.1, 0.15) is 5.69 Å². The molecule has 8 heteroatoms. The van der Waals surface area contributed by atoms with Crippen LogP contribution in [0.2, 0.25) is 0 Å². The Morgan fingerprint density at radius 1 is 1.58 bits per heavy atom. The zero-order valence-corrected chi connectivity index (χ0v) is 11.0. The number of morpholine rings is 1. The summed E-state index contributed by atoms with van der Waals surface area (Å²) < 4.78 is 31.4. The van der Waals surface area contributed by atoms with E-state index < -0.39 is 10.0 Å². The van der Waals surface area contributed by atoms with Crippen LogP contribution in [0.25, 0.3) is 0 Å². The van der Waals surface area contributed by atoms with Crippen molar-refractivity contribution in [2.24, 2.45) is 5.73 Å². The topological polar surface area (TPSA) is 109 Å². The highest BCUT2D eigenvalue weighted by Crippen LogP contribution is 2.17. The van der Waals surface area contributed by atoms with E-state index in [2.05, 4.69) is 4.98 Å². The summed E-state index contributed by atoms with van der Waals surface area (Å²) in [6.07, 6.45) is 0.913. The second kappa shape index (κ2) is 5.63. The van der Waals surface area contributed by atoms with E-state index in [0.717, 1.165) is 0 Å². The van der Waals surface area contributed by atoms with E-state index >= 15 is 0 Å². The molecule has 102 valence electrons. The molecule has 0 aromatic carbocycles. The van der Waals surface area contributed by atoms with Crippen molar-refractivity contribution in [3.8, 4) is 6.07 Å². The Morgan fingerprint density at radius 2 is 2.37 bits per heavy atom. The minimum Gasteiger partial charge on any atom is -0.374 e. The smallest absolute Gasteiger partial charge is 0.244 e. The molecule has 2 heterocycles. The Morgan fingerprint density at radius 3 is 2.95 bits per heavy atom. The molecule has 7 nitrogen and oxygen atoms in total. The Labute approximate surface area is 111 Å². The van der Waals surface area contributed by atoms with Gasteiger partial charge in [-0.05, 0) is 12.1 Å². The minimum absolute atomic E-state index is 0.0733. The van der Waals surface area contributed by atoms with Crippen LogP contribution < -0.4 is 5.73 Å². The largest absolute Gasteiger partial charge is 0.374 e. The Hall–Kier alpha value is -1.53. The van der Waals surface area contributed by atoms with Gasteiger partial charge in [0.2, 0.25) is 10.0 Å². The van der Waals surface area contributed by atoms with Crippen molar-refractivity contribution < 1.29 is 13.2 Å². The lowest BCUT2D eigenvalue weighted by atomic mass is 10.3. The number of pyridine rings is 1. The molecular weight excluding hydrogens is 268 g/mol. The number of ether oxygens (including phenoxy) is 1. The van der Waals surface area contributed by atoms with Crippen molar-refractivity contribution in [3.63, 3.8) is 0 Å². The number of nitrogens with two attached hydrogens (primary N) is 1. The van der Waals surface area contributed by atoms with Crippen molar-refractivity contribution in [2.75, 3.05) is 26.2 Å². The zero-order valence-electron chi connectivity index (χ0n) is 10.2. The average molecular weight is 282 g/mol. The lowest BCUT2D eigenvalue weighted by Crippen LogP contribution is -2.48. The summed E-state index contributed by atoms with van der Waals surface area (Å²) in [5.74, 6) is 0. The number of rotatable bonds is 3. The van der Waals surface area contributed by atoms with Crippen LogP contribution in [0.4, 0.5) is 0 Å². The summed E-state index contributed by atoms with van der Waals surface area (Å²) in [7, 11) is -3.60. The monoisotopic (exact) mass is 282 g/mol. The van der Waals surface area contributed by atoms with Crippen molar-refractivity contribution in [1.29, 1.82) is 5.26 Å². The van der Waals surface area contributed by atoms with Crippen LogP contribution in [0.15, 0.2) is 23.2 Å². The van der Waals surface area contributed by atoms with Crippen LogP contribution in [0.5, 0.6) is 0 Å². The molecule has 1 aliphatic heterocycles. The first-order valence-electron chi connectivity index (χ1n) is 5.76. The number of nitriles is 1. The Balaban J connectivity index is 2.23. The van der Waals surface area contributed by atoms with Crippen LogP contribution in [0, 0.1) is 11.3 Å². The van der Waals surface area contributed by atoms with Crippen molar-refractivity contribution in [3.05, 3.63) is 24.0 Å². The molecule has 0 spiro atoms. The number of sulfonamides is 1. The summed E-state index contributed by atoms with van der Waals surface area (Å²) >= 11 is 0. The van der Waals surface area contributed by atoms with Gasteiger partial charge >= 0.3 is 0 Å². The van der Waals surface area contributed by atoms with Crippen LogP contribution in [-0.4, -0.2) is 50.1 Å². The molecule has 19 heavy (non-hydrogen) atoms. The Bertz CT molecular complexity index is 579. The van der Waals surface area contributed by atoms with Crippen molar-refractivity contribution in [1.82, 2.24) is 9.29 Å². The van der Waals surface area contributed by atoms with Gasteiger partial charge in [0.15, 0.2) is 0 Å². The average Bonchev–Trinajstić information content (AvgIpc) is 2.47. The fourth-order valence-corrected chi connectivity index (χ4v) is 3.20. The zero-order chi connectivity index (χ0) is 13.9. The van der Waals surface area contributed by atoms with E-state index in [1.54, 1.807) is 0 Å². The SMILES string of the molecule is N#Cc1ccc(S(=O)(=O)N2CCOC(CN)C2)cn1. The molecule has 0 amide bonds. The minimum atomic E-state index is -3.60. The highest BCUT2D eigenvalue weighted by molar-refractivity contribution is 7.89. The molecule has 1 saturated heterocycles. The highest BCUT2D eigenvalue weighted by Gasteiger charge is 2.30. The van der Waals surface area contributed by atoms with Gasteiger partial charge in [-0.3, -0.25) is 0 Å². The molecule has 1 atom stereocenters. The van der Waals surface area contributed by atoms with E-state index in [4.69, 9.17) is 15.7 Å². The lowest BCUT2D eigenvalue weighted by Gasteiger charge is -2.31. The van der Waals surface area contributed by atoms with Gasteiger partial charge in [0, 0.05) is 25.8 Å². The summed E-state index contributed by atoms with van der Waals surface area (Å²) in [6, 6.07) is 4.61. The molecule has 2 N–H and O–H groups in total. The third kappa shape index (κ3) is 2.90. The summed E-state index contributed by atoms with van der Waals surface area (Å²) in [4.78, 5) is 3.85. The quantitative estimate of drug-likeness (QED) is 0.785. The van der Waals surface area contributed by atoms with Crippen LogP contribution >= 0.6 is 0 Å². The number of hydrogen-bond donors (Lipinski definition) is 1. The second-order valence-corrected chi connectivity index (χ2v) is 6.02. The predicted molar refractivity (Wildman–Crippen MR) is 66.5 cm³/mol. The third-order valence-electron chi connectivity index (χ3n) is 2.85. The Kier molecular flexibility index (Phi) is 4.11. The van der Waals surface area contributed by atoms with E-state index in [9.17, 15) is 8.42 Å². The van der Waals surface area contributed by atoms with Crippen molar-refractivity contribution >= 4 is 10.0 Å². The van der Waals surface area contributed by atoms with E-state index in [1.165, 1.54) is 22.6 Å². The number of hydrogen-bond acceptors (Lipinski definition) is 6. The van der Waals surface area contributed by atoms with Crippen LogP contribution in [0.3, 0.4) is 0 Å². The van der Waals surface area contributed by atoms with Gasteiger partial charge in [0.05, 0.1) is 12.7 Å². The molecule has 1 aliphatic rings. The van der Waals surface area contributed by atoms with E-state index in [1.807, 2.05) is 6.07 Å². The third-order valence-corrected chi connectivity index (χ3v) is 4.70. The fraction of sp³-hybridized carbons (Fsp3) is 0.455. The molecule has 1 aromatic rings. The highest BCUT2D eigenvalue weighted by atomic mass is 32.2. The molecule has 0 radical (unpaired) electrons. The van der Waals surface area contributed by atoms with Gasteiger partial charge in [-0.15, -0.1) is 0 Å². The maximum absolute atomic E-state index is 12.4. The van der Waals surface area contributed by atoms with E-state index in [-0.39, 0.29) is 29.8 Å². The normalized spacial score (nSPS) is 20.9. The van der Waals surface area contributed by atoms with E-state index in [0.29, 0.717) is 13.2 Å². The second-order valence-electron chi connectivity index (χ2n) is 4.08. The molecule has 1 unspecified atom stereocenters. The standard InChI is InChI=1S/C11H14N4O3S/c12-5-9-1-2-11(7-14-9)19(16,17)15-3-4-18-10(6-13)8-15/h1-2,7,10H,3-4,6,8,13H2. The molecule has 0 aliphatic carbocycles. The van der Waals surface area contributed by atoms with Gasteiger partial charge in [0.1, 0.15) is 16.7 Å². The summed E-state index contributed by atoms with van der Waals surface area (Å²) in [6.45, 7) is 1.13. The maximum atomic E-state index is 12.4. The first kappa shape index (κ1) is 13.9. The van der Waals surface area contributed by atoms with Gasteiger partial charge in [-0.1, -0.05) is 0 Å². The van der Waals surface area contributed by atoms with Gasteiger partial charge in [0.25, 0.3) is 0 Å². The predicted octanol–water partition coefficient (Wildman–Crippen LogP) is -0.699. The van der Waals surface area contributed by atoms with Crippen LogP contribution in [-0.2, 0) is 14.8 Å². The summed E-state index contributed by atoms with van der Waals surface area (Å²) in [5, 5.41) is 8.64. The van der Waals surface area contributed by atoms with Crippen molar-refractivity contribution in [2.45, 2.75) is 11.0 Å². The molecular formula is C11H14N4O3S. The molecule has 1 fully saturated rings. The van der Waals surface area contributed by atoms with Gasteiger partial charge < -0.3 is 10.5 Å². The summed E-state index contributed by atoms with van der Waals surface area (Å²) in [5.41, 5.74) is 5.67. The number of nitrogens with zero attached hydrogens (tertiary/aromatic N) is 3.